The molecule has 0 bridgehead atoms. The van der Waals surface area contributed by atoms with E-state index in [0.717, 1.165) is 0 Å². The van der Waals surface area contributed by atoms with Crippen LogP contribution in [0.3, 0.4) is 0 Å². The molecular weight excluding hydrogens is 641 g/mol. The molecule has 0 radical (unpaired) electrons. The standard InChI is InChI=1S/C51H36N2/c1-35-14-29-42(30-15-35)53-50-13-7-4-10-46(50)47-34-41(28-33-51(47)53)40-24-20-37(21-25-40)17-16-36-18-22-38(23-19-36)39-26-31-43(32-27-39)52-48-11-5-2-8-44(48)45-9-3-6-12-49(45)52/h2-34H,1H3. The van der Waals surface area contributed by atoms with Crippen LogP contribution in [0.5, 0.6) is 0 Å². The first-order valence-electron chi connectivity index (χ1n) is 18.3. The maximum Gasteiger partial charge on any atom is 0.0541 e. The van der Waals surface area contributed by atoms with Crippen LogP contribution >= 0.6 is 0 Å². The molecule has 10 aromatic rings. The number of hydrogen-bond donors (Lipinski definition) is 0. The first-order chi connectivity index (χ1) is 26.2. The Bertz CT molecular complexity index is 2900. The highest BCUT2D eigenvalue weighted by molar-refractivity contribution is 6.11. The second-order valence-corrected chi connectivity index (χ2v) is 13.9. The Balaban J connectivity index is 0.873. The lowest BCUT2D eigenvalue weighted by molar-refractivity contribution is 1.17. The number of benzene rings is 8. The lowest BCUT2D eigenvalue weighted by Gasteiger charge is -2.09. The minimum atomic E-state index is 1.17. The fourth-order valence-electron chi connectivity index (χ4n) is 7.89. The number of aryl methyl sites for hydroxylation is 1. The van der Waals surface area contributed by atoms with E-state index in [-0.39, 0.29) is 0 Å². The highest BCUT2D eigenvalue weighted by Gasteiger charge is 2.14. The molecule has 0 atom stereocenters. The third-order valence-corrected chi connectivity index (χ3v) is 10.6. The third kappa shape index (κ3) is 5.44. The van der Waals surface area contributed by atoms with E-state index >= 15 is 0 Å². The Labute approximate surface area is 309 Å². The van der Waals surface area contributed by atoms with Gasteiger partial charge in [0.2, 0.25) is 0 Å². The predicted molar refractivity (Wildman–Crippen MR) is 226 cm³/mol. The van der Waals surface area contributed by atoms with Crippen molar-refractivity contribution in [2.24, 2.45) is 0 Å². The largest absolute Gasteiger partial charge is 0.309 e. The molecule has 2 nitrogen and oxygen atoms in total. The van der Waals surface area contributed by atoms with E-state index in [4.69, 9.17) is 0 Å². The van der Waals surface area contributed by atoms with Crippen LogP contribution in [0.1, 0.15) is 16.7 Å². The zero-order chi connectivity index (χ0) is 35.3. The highest BCUT2D eigenvalue weighted by atomic mass is 15.0. The van der Waals surface area contributed by atoms with Crippen molar-refractivity contribution in [3.05, 3.63) is 205 Å². The van der Waals surface area contributed by atoms with Crippen LogP contribution in [-0.2, 0) is 0 Å². The molecule has 250 valence electrons. The smallest absolute Gasteiger partial charge is 0.0541 e. The van der Waals surface area contributed by atoms with Gasteiger partial charge in [0.1, 0.15) is 0 Å². The molecule has 0 unspecified atom stereocenters. The monoisotopic (exact) mass is 676 g/mol. The number of hydrogen-bond acceptors (Lipinski definition) is 0. The number of para-hydroxylation sites is 3. The Kier molecular flexibility index (Phi) is 7.40. The maximum absolute atomic E-state index is 2.37. The molecule has 2 heteroatoms. The Morgan fingerprint density at radius 3 is 1.17 bits per heavy atom. The fraction of sp³-hybridized carbons (Fsp3) is 0.0196. The molecule has 0 saturated carbocycles. The van der Waals surface area contributed by atoms with Gasteiger partial charge in [0.15, 0.2) is 0 Å². The van der Waals surface area contributed by atoms with Crippen LogP contribution < -0.4 is 0 Å². The second kappa shape index (κ2) is 12.7. The predicted octanol–water partition coefficient (Wildman–Crippen LogP) is 13.7. The van der Waals surface area contributed by atoms with Gasteiger partial charge in [-0.2, -0.15) is 0 Å². The van der Waals surface area contributed by atoms with Crippen LogP contribution in [-0.4, -0.2) is 9.13 Å². The van der Waals surface area contributed by atoms with Crippen molar-refractivity contribution in [2.75, 3.05) is 0 Å². The Morgan fingerprint density at radius 1 is 0.321 bits per heavy atom. The summed E-state index contributed by atoms with van der Waals surface area (Å²) in [5.74, 6) is 0. The van der Waals surface area contributed by atoms with Gasteiger partial charge in [-0.05, 0) is 94.9 Å². The fourth-order valence-corrected chi connectivity index (χ4v) is 7.89. The average molecular weight is 677 g/mol. The molecule has 0 saturated heterocycles. The van der Waals surface area contributed by atoms with E-state index in [0.29, 0.717) is 0 Å². The van der Waals surface area contributed by atoms with Crippen LogP contribution in [0.2, 0.25) is 0 Å². The lowest BCUT2D eigenvalue weighted by atomic mass is 10.0. The summed E-state index contributed by atoms with van der Waals surface area (Å²) in [5.41, 5.74) is 15.7. The quantitative estimate of drug-likeness (QED) is 0.155. The van der Waals surface area contributed by atoms with Crippen molar-refractivity contribution < 1.29 is 0 Å². The molecule has 53 heavy (non-hydrogen) atoms. The molecule has 10 rings (SSSR count). The Hall–Kier alpha value is -6.90. The number of rotatable bonds is 6. The van der Waals surface area contributed by atoms with Gasteiger partial charge < -0.3 is 9.13 Å². The topological polar surface area (TPSA) is 9.86 Å². The van der Waals surface area contributed by atoms with E-state index in [9.17, 15) is 0 Å². The summed E-state index contributed by atoms with van der Waals surface area (Å²) < 4.78 is 4.73. The number of fused-ring (bicyclic) bond motifs is 6. The summed E-state index contributed by atoms with van der Waals surface area (Å²) in [6.07, 6.45) is 4.38. The molecule has 8 aromatic carbocycles. The molecular formula is C51H36N2. The maximum atomic E-state index is 2.37. The van der Waals surface area contributed by atoms with Gasteiger partial charge in [0.05, 0.1) is 22.1 Å². The minimum Gasteiger partial charge on any atom is -0.309 e. The van der Waals surface area contributed by atoms with Crippen LogP contribution in [0.25, 0.3) is 89.4 Å². The average Bonchev–Trinajstić information content (AvgIpc) is 3.74. The van der Waals surface area contributed by atoms with Crippen molar-refractivity contribution in [3.63, 3.8) is 0 Å². The second-order valence-electron chi connectivity index (χ2n) is 13.9. The van der Waals surface area contributed by atoms with Crippen molar-refractivity contribution in [3.8, 4) is 33.6 Å². The molecule has 0 N–H and O–H groups in total. The molecule has 0 spiro atoms. The van der Waals surface area contributed by atoms with Crippen molar-refractivity contribution in [1.29, 1.82) is 0 Å². The van der Waals surface area contributed by atoms with Crippen molar-refractivity contribution >= 4 is 55.8 Å². The molecule has 0 aliphatic carbocycles. The first kappa shape index (κ1) is 30.9. The van der Waals surface area contributed by atoms with Gasteiger partial charge in [-0.1, -0.05) is 151 Å². The third-order valence-electron chi connectivity index (χ3n) is 10.6. The molecule has 0 fully saturated rings. The summed E-state index contributed by atoms with van der Waals surface area (Å²) in [7, 11) is 0. The van der Waals surface area contributed by atoms with Crippen molar-refractivity contribution in [2.45, 2.75) is 6.92 Å². The normalized spacial score (nSPS) is 11.8. The van der Waals surface area contributed by atoms with Gasteiger partial charge in [-0.15, -0.1) is 0 Å². The molecule has 2 heterocycles. The van der Waals surface area contributed by atoms with E-state index in [1.807, 2.05) is 0 Å². The zero-order valence-electron chi connectivity index (χ0n) is 29.4. The van der Waals surface area contributed by atoms with Gasteiger partial charge >= 0.3 is 0 Å². The van der Waals surface area contributed by atoms with E-state index in [1.165, 1.54) is 93.9 Å². The highest BCUT2D eigenvalue weighted by Crippen LogP contribution is 2.36. The zero-order valence-corrected chi connectivity index (χ0v) is 29.4. The van der Waals surface area contributed by atoms with Gasteiger partial charge in [-0.25, -0.2) is 0 Å². The summed E-state index contributed by atoms with van der Waals surface area (Å²) >= 11 is 0. The van der Waals surface area contributed by atoms with Gasteiger partial charge in [-0.3, -0.25) is 0 Å². The van der Waals surface area contributed by atoms with Crippen molar-refractivity contribution in [1.82, 2.24) is 9.13 Å². The summed E-state index contributed by atoms with van der Waals surface area (Å²) in [4.78, 5) is 0. The van der Waals surface area contributed by atoms with E-state index in [2.05, 4.69) is 216 Å². The van der Waals surface area contributed by atoms with E-state index in [1.54, 1.807) is 0 Å². The van der Waals surface area contributed by atoms with Crippen LogP contribution in [0.4, 0.5) is 0 Å². The lowest BCUT2D eigenvalue weighted by Crippen LogP contribution is -1.93. The van der Waals surface area contributed by atoms with Crippen LogP contribution in [0, 0.1) is 6.92 Å². The minimum absolute atomic E-state index is 1.17. The van der Waals surface area contributed by atoms with Gasteiger partial charge in [0.25, 0.3) is 0 Å². The number of nitrogens with zero attached hydrogens (tertiary/aromatic N) is 2. The Morgan fingerprint density at radius 2 is 0.679 bits per heavy atom. The SMILES string of the molecule is Cc1ccc(-n2c3ccccc3c3cc(-c4ccc(C=Cc5ccc(-c6ccc(-n7c8ccccc8c8ccccc87)cc6)cc5)cc4)ccc32)cc1. The molecule has 2 aromatic heterocycles. The summed E-state index contributed by atoms with van der Waals surface area (Å²) in [6.45, 7) is 2.13. The molecule has 0 aliphatic rings. The summed E-state index contributed by atoms with van der Waals surface area (Å²) in [6, 6.07) is 68.3. The molecule has 0 aliphatic heterocycles. The van der Waals surface area contributed by atoms with Crippen LogP contribution in [0.15, 0.2) is 188 Å². The van der Waals surface area contributed by atoms with Gasteiger partial charge in [0, 0.05) is 32.9 Å². The first-order valence-corrected chi connectivity index (χ1v) is 18.3. The molecule has 0 amide bonds. The summed E-state index contributed by atoms with van der Waals surface area (Å²) in [5, 5.41) is 5.10. The number of aromatic nitrogens is 2. The van der Waals surface area contributed by atoms with E-state index < -0.39 is 0 Å².